The molecular formula is C14H26N2S. The van der Waals surface area contributed by atoms with Crippen LogP contribution in [-0.2, 0) is 6.54 Å². The zero-order valence-corrected chi connectivity index (χ0v) is 12.4. The normalized spacial score (nSPS) is 13.5. The molecule has 0 bridgehead atoms. The number of nitrogens with one attached hydrogen (secondary N) is 1. The molecule has 0 saturated heterocycles. The first kappa shape index (κ1) is 14.7. The molecule has 1 atom stereocenters. The molecule has 1 N–H and O–H groups in total. The van der Waals surface area contributed by atoms with Gasteiger partial charge in [-0.05, 0) is 45.2 Å². The van der Waals surface area contributed by atoms with Gasteiger partial charge in [-0.15, -0.1) is 11.3 Å². The average molecular weight is 254 g/mol. The van der Waals surface area contributed by atoms with Gasteiger partial charge >= 0.3 is 0 Å². The van der Waals surface area contributed by atoms with E-state index in [0.717, 1.165) is 19.6 Å². The van der Waals surface area contributed by atoms with Gasteiger partial charge in [0, 0.05) is 30.1 Å². The monoisotopic (exact) mass is 254 g/mol. The van der Waals surface area contributed by atoms with E-state index in [-0.39, 0.29) is 0 Å². The van der Waals surface area contributed by atoms with E-state index < -0.39 is 0 Å². The Morgan fingerprint density at radius 3 is 2.65 bits per heavy atom. The molecule has 0 aliphatic heterocycles. The third kappa shape index (κ3) is 5.19. The fourth-order valence-electron chi connectivity index (χ4n) is 2.03. The summed E-state index contributed by atoms with van der Waals surface area (Å²) in [4.78, 5) is 4.02. The standard InChI is InChI=1S/C14H26N2S/c1-5-8-15-10-13(4)16(12(2)3)11-14-7-6-9-17-14/h6-7,9,12-13,15H,5,8,10-11H2,1-4H3. The molecule has 1 rings (SSSR count). The maximum Gasteiger partial charge on any atom is 0.0333 e. The molecule has 0 aromatic carbocycles. The molecule has 3 heteroatoms. The Bertz CT molecular complexity index is 282. The second kappa shape index (κ2) is 7.85. The van der Waals surface area contributed by atoms with Gasteiger partial charge in [-0.2, -0.15) is 0 Å². The van der Waals surface area contributed by atoms with E-state index in [1.165, 1.54) is 11.3 Å². The van der Waals surface area contributed by atoms with E-state index >= 15 is 0 Å². The molecule has 1 aromatic heterocycles. The van der Waals surface area contributed by atoms with Crippen LogP contribution in [0.15, 0.2) is 17.5 Å². The Labute approximate surface area is 110 Å². The molecule has 0 aliphatic carbocycles. The van der Waals surface area contributed by atoms with Crippen LogP contribution in [0.4, 0.5) is 0 Å². The number of rotatable bonds is 8. The lowest BCUT2D eigenvalue weighted by Gasteiger charge is -2.32. The van der Waals surface area contributed by atoms with Crippen LogP contribution >= 0.6 is 11.3 Å². The highest BCUT2D eigenvalue weighted by Crippen LogP contribution is 2.16. The molecule has 17 heavy (non-hydrogen) atoms. The highest BCUT2D eigenvalue weighted by Gasteiger charge is 2.17. The molecule has 1 unspecified atom stereocenters. The quantitative estimate of drug-likeness (QED) is 0.716. The highest BCUT2D eigenvalue weighted by molar-refractivity contribution is 7.09. The van der Waals surface area contributed by atoms with Crippen LogP contribution in [0.25, 0.3) is 0 Å². The van der Waals surface area contributed by atoms with E-state index in [9.17, 15) is 0 Å². The Kier molecular flexibility index (Phi) is 6.78. The summed E-state index contributed by atoms with van der Waals surface area (Å²) in [6.45, 7) is 12.4. The molecule has 1 aromatic rings. The molecule has 98 valence electrons. The molecule has 0 radical (unpaired) electrons. The van der Waals surface area contributed by atoms with Crippen LogP contribution in [0.3, 0.4) is 0 Å². The van der Waals surface area contributed by atoms with Crippen molar-refractivity contribution in [1.29, 1.82) is 0 Å². The van der Waals surface area contributed by atoms with Crippen LogP contribution in [0.5, 0.6) is 0 Å². The van der Waals surface area contributed by atoms with Gasteiger partial charge in [0.2, 0.25) is 0 Å². The van der Waals surface area contributed by atoms with Gasteiger partial charge in [-0.3, -0.25) is 4.90 Å². The Balaban J connectivity index is 2.47. The smallest absolute Gasteiger partial charge is 0.0333 e. The molecule has 0 saturated carbocycles. The zero-order chi connectivity index (χ0) is 12.7. The summed E-state index contributed by atoms with van der Waals surface area (Å²) in [6, 6.07) is 5.55. The van der Waals surface area contributed by atoms with Crippen molar-refractivity contribution in [2.75, 3.05) is 13.1 Å². The highest BCUT2D eigenvalue weighted by atomic mass is 32.1. The number of hydrogen-bond donors (Lipinski definition) is 1. The summed E-state index contributed by atoms with van der Waals surface area (Å²) in [5.74, 6) is 0. The molecular weight excluding hydrogens is 228 g/mol. The van der Waals surface area contributed by atoms with Gasteiger partial charge in [-0.25, -0.2) is 0 Å². The molecule has 0 amide bonds. The third-order valence-corrected chi connectivity index (χ3v) is 3.88. The molecule has 0 spiro atoms. The van der Waals surface area contributed by atoms with Crippen molar-refractivity contribution in [3.8, 4) is 0 Å². The second-order valence-corrected chi connectivity index (χ2v) is 5.93. The Hall–Kier alpha value is -0.380. The molecule has 0 fully saturated rings. The summed E-state index contributed by atoms with van der Waals surface area (Å²) < 4.78 is 0. The number of hydrogen-bond acceptors (Lipinski definition) is 3. The van der Waals surface area contributed by atoms with Crippen LogP contribution in [0.2, 0.25) is 0 Å². The predicted octanol–water partition coefficient (Wildman–Crippen LogP) is 3.35. The first-order valence-electron chi connectivity index (χ1n) is 6.64. The minimum absolute atomic E-state index is 0.587. The van der Waals surface area contributed by atoms with Gasteiger partial charge < -0.3 is 5.32 Å². The lowest BCUT2D eigenvalue weighted by Crippen LogP contribution is -2.43. The summed E-state index contributed by atoms with van der Waals surface area (Å²) in [6.07, 6.45) is 1.21. The number of thiophene rings is 1. The lowest BCUT2D eigenvalue weighted by atomic mass is 10.2. The molecule has 0 aliphatic rings. The summed E-state index contributed by atoms with van der Waals surface area (Å²) in [5, 5.41) is 5.67. The van der Waals surface area contributed by atoms with E-state index in [1.54, 1.807) is 0 Å². The van der Waals surface area contributed by atoms with Crippen molar-refractivity contribution in [3.05, 3.63) is 22.4 Å². The van der Waals surface area contributed by atoms with Gasteiger partial charge in [0.1, 0.15) is 0 Å². The first-order chi connectivity index (χ1) is 8.15. The van der Waals surface area contributed by atoms with Gasteiger partial charge in [0.15, 0.2) is 0 Å². The van der Waals surface area contributed by atoms with Gasteiger partial charge in [0.05, 0.1) is 0 Å². The topological polar surface area (TPSA) is 15.3 Å². The summed E-state index contributed by atoms with van der Waals surface area (Å²) >= 11 is 1.85. The van der Waals surface area contributed by atoms with Crippen molar-refractivity contribution in [1.82, 2.24) is 10.2 Å². The SMILES string of the molecule is CCCNCC(C)N(Cc1cccs1)C(C)C. The first-order valence-corrected chi connectivity index (χ1v) is 7.52. The van der Waals surface area contributed by atoms with E-state index in [4.69, 9.17) is 0 Å². The third-order valence-electron chi connectivity index (χ3n) is 3.01. The predicted molar refractivity (Wildman–Crippen MR) is 77.6 cm³/mol. The fourth-order valence-corrected chi connectivity index (χ4v) is 2.75. The van der Waals surface area contributed by atoms with E-state index in [2.05, 4.69) is 55.4 Å². The maximum atomic E-state index is 3.51. The van der Waals surface area contributed by atoms with Crippen molar-refractivity contribution in [2.45, 2.75) is 52.7 Å². The van der Waals surface area contributed by atoms with Gasteiger partial charge in [-0.1, -0.05) is 13.0 Å². The van der Waals surface area contributed by atoms with Crippen LogP contribution in [0.1, 0.15) is 39.0 Å². The minimum atomic E-state index is 0.587. The van der Waals surface area contributed by atoms with Crippen LogP contribution < -0.4 is 5.32 Å². The Morgan fingerprint density at radius 2 is 2.12 bits per heavy atom. The molecule has 2 nitrogen and oxygen atoms in total. The average Bonchev–Trinajstić information content (AvgIpc) is 2.78. The molecule has 1 heterocycles. The zero-order valence-electron chi connectivity index (χ0n) is 11.6. The number of nitrogens with zero attached hydrogens (tertiary/aromatic N) is 1. The van der Waals surface area contributed by atoms with Crippen molar-refractivity contribution >= 4 is 11.3 Å². The summed E-state index contributed by atoms with van der Waals surface area (Å²) in [5.41, 5.74) is 0. The van der Waals surface area contributed by atoms with Crippen molar-refractivity contribution in [2.24, 2.45) is 0 Å². The van der Waals surface area contributed by atoms with Crippen LogP contribution in [-0.4, -0.2) is 30.1 Å². The van der Waals surface area contributed by atoms with Crippen molar-refractivity contribution in [3.63, 3.8) is 0 Å². The Morgan fingerprint density at radius 1 is 1.35 bits per heavy atom. The van der Waals surface area contributed by atoms with Gasteiger partial charge in [0.25, 0.3) is 0 Å². The minimum Gasteiger partial charge on any atom is -0.315 e. The van der Waals surface area contributed by atoms with E-state index in [1.807, 2.05) is 11.3 Å². The lowest BCUT2D eigenvalue weighted by molar-refractivity contribution is 0.153. The maximum absolute atomic E-state index is 3.51. The summed E-state index contributed by atoms with van der Waals surface area (Å²) in [7, 11) is 0. The van der Waals surface area contributed by atoms with Crippen LogP contribution in [0, 0.1) is 0 Å². The van der Waals surface area contributed by atoms with E-state index in [0.29, 0.717) is 12.1 Å². The second-order valence-electron chi connectivity index (χ2n) is 4.90. The van der Waals surface area contributed by atoms with Crippen molar-refractivity contribution < 1.29 is 0 Å². The largest absolute Gasteiger partial charge is 0.315 e. The fraction of sp³-hybridized carbons (Fsp3) is 0.714.